The molecule has 4 amide bonds. The summed E-state index contributed by atoms with van der Waals surface area (Å²) >= 11 is 0. The number of halogens is 1. The van der Waals surface area contributed by atoms with Gasteiger partial charge in [-0.3, -0.25) is 9.59 Å². The summed E-state index contributed by atoms with van der Waals surface area (Å²) in [6, 6.07) is 5.31. The third-order valence-electron chi connectivity index (χ3n) is 5.18. The second kappa shape index (κ2) is 8.83. The number of hydrogen-bond acceptors (Lipinski definition) is 3. The van der Waals surface area contributed by atoms with Gasteiger partial charge in [0.25, 0.3) is 0 Å². The van der Waals surface area contributed by atoms with Crippen molar-refractivity contribution >= 4 is 17.8 Å². The molecule has 1 atom stereocenters. The molecule has 0 unspecified atom stereocenters. The molecule has 0 bridgehead atoms. The molecule has 27 heavy (non-hydrogen) atoms. The molecule has 146 valence electrons. The van der Waals surface area contributed by atoms with Crippen LogP contribution in [0.3, 0.4) is 0 Å². The van der Waals surface area contributed by atoms with Gasteiger partial charge in [0, 0.05) is 32.6 Å². The van der Waals surface area contributed by atoms with E-state index in [9.17, 15) is 18.8 Å². The van der Waals surface area contributed by atoms with Gasteiger partial charge in [-0.1, -0.05) is 12.1 Å². The van der Waals surface area contributed by atoms with Gasteiger partial charge in [0.15, 0.2) is 0 Å². The highest BCUT2D eigenvalue weighted by molar-refractivity contribution is 5.90. The van der Waals surface area contributed by atoms with Crippen LogP contribution >= 0.6 is 0 Å². The van der Waals surface area contributed by atoms with E-state index in [1.54, 1.807) is 17.0 Å². The second-order valence-electron chi connectivity index (χ2n) is 7.12. The molecule has 1 aromatic rings. The van der Waals surface area contributed by atoms with E-state index in [1.165, 1.54) is 12.1 Å². The Hall–Kier alpha value is -2.64. The lowest BCUT2D eigenvalue weighted by Crippen LogP contribution is -2.48. The van der Waals surface area contributed by atoms with Gasteiger partial charge in [-0.15, -0.1) is 0 Å². The van der Waals surface area contributed by atoms with Crippen molar-refractivity contribution in [2.75, 3.05) is 19.6 Å². The highest BCUT2D eigenvalue weighted by Gasteiger charge is 2.32. The summed E-state index contributed by atoms with van der Waals surface area (Å²) in [4.78, 5) is 37.3. The summed E-state index contributed by atoms with van der Waals surface area (Å²) in [6.45, 7) is 2.05. The summed E-state index contributed by atoms with van der Waals surface area (Å²) < 4.78 is 12.9. The van der Waals surface area contributed by atoms with Crippen LogP contribution in [-0.4, -0.2) is 48.4 Å². The number of nitrogens with one attached hydrogen (secondary N) is 3. The van der Waals surface area contributed by atoms with E-state index < -0.39 is 6.04 Å². The minimum atomic E-state index is -0.466. The lowest BCUT2D eigenvalue weighted by molar-refractivity contribution is -0.134. The highest BCUT2D eigenvalue weighted by Crippen LogP contribution is 2.22. The first-order chi connectivity index (χ1) is 13.0. The number of nitrogens with zero attached hydrogens (tertiary/aromatic N) is 1. The van der Waals surface area contributed by atoms with Crippen LogP contribution in [0.25, 0.3) is 0 Å². The number of piperidine rings is 1. The standard InChI is InChI=1S/C19H25FN4O3/c20-15-4-1-14(2-5-15)11-21-17(25)6-3-13-7-9-24(10-8-13)18(26)16-12-22-19(27)23-16/h1-2,4-5,13,16H,3,6-12H2,(H,21,25)(H2,22,23,27)/t16-/m1/s1. The Balaban J connectivity index is 1.33. The van der Waals surface area contributed by atoms with E-state index in [1.807, 2.05) is 0 Å². The Labute approximate surface area is 157 Å². The second-order valence-corrected chi connectivity index (χ2v) is 7.12. The van der Waals surface area contributed by atoms with Gasteiger partial charge in [-0.2, -0.15) is 0 Å². The first-order valence-electron chi connectivity index (χ1n) is 9.35. The SMILES string of the molecule is O=C(CCC1CCN(C(=O)[C@H]2CNC(=O)N2)CC1)NCc1ccc(F)cc1. The molecule has 3 N–H and O–H groups in total. The quantitative estimate of drug-likeness (QED) is 0.695. The van der Waals surface area contributed by atoms with Crippen LogP contribution in [0.15, 0.2) is 24.3 Å². The molecule has 2 aliphatic rings. The molecule has 1 aromatic carbocycles. The van der Waals surface area contributed by atoms with Gasteiger partial charge in [0.1, 0.15) is 11.9 Å². The molecular weight excluding hydrogens is 351 g/mol. The van der Waals surface area contributed by atoms with Gasteiger partial charge in [-0.25, -0.2) is 9.18 Å². The average Bonchev–Trinajstić information content (AvgIpc) is 3.12. The lowest BCUT2D eigenvalue weighted by Gasteiger charge is -2.33. The number of amides is 4. The van der Waals surface area contributed by atoms with Gasteiger partial charge in [-0.05, 0) is 42.9 Å². The number of likely N-dealkylation sites (tertiary alicyclic amines) is 1. The molecule has 0 radical (unpaired) electrons. The highest BCUT2D eigenvalue weighted by atomic mass is 19.1. The van der Waals surface area contributed by atoms with Crippen molar-refractivity contribution in [3.05, 3.63) is 35.6 Å². The summed E-state index contributed by atoms with van der Waals surface area (Å²) in [5, 5.41) is 8.07. The average molecular weight is 376 g/mol. The molecule has 2 aliphatic heterocycles. The van der Waals surface area contributed by atoms with Crippen LogP contribution in [0, 0.1) is 11.7 Å². The number of rotatable bonds is 6. The lowest BCUT2D eigenvalue weighted by atomic mass is 9.91. The van der Waals surface area contributed by atoms with Crippen molar-refractivity contribution in [2.45, 2.75) is 38.3 Å². The van der Waals surface area contributed by atoms with E-state index in [4.69, 9.17) is 0 Å². The van der Waals surface area contributed by atoms with Crippen LogP contribution < -0.4 is 16.0 Å². The van der Waals surface area contributed by atoms with Crippen LogP contribution in [0.1, 0.15) is 31.2 Å². The summed E-state index contributed by atoms with van der Waals surface area (Å²) in [6.07, 6.45) is 2.97. The molecule has 8 heteroatoms. The molecule has 2 fully saturated rings. The first-order valence-corrected chi connectivity index (χ1v) is 9.35. The smallest absolute Gasteiger partial charge is 0.315 e. The Morgan fingerprint density at radius 2 is 1.89 bits per heavy atom. The molecule has 2 heterocycles. The van der Waals surface area contributed by atoms with Crippen molar-refractivity contribution in [1.29, 1.82) is 0 Å². The van der Waals surface area contributed by atoms with E-state index in [0.717, 1.165) is 24.8 Å². The Morgan fingerprint density at radius 1 is 1.19 bits per heavy atom. The zero-order valence-corrected chi connectivity index (χ0v) is 15.2. The molecule has 0 aromatic heterocycles. The molecular formula is C19H25FN4O3. The van der Waals surface area contributed by atoms with E-state index in [0.29, 0.717) is 38.5 Å². The molecule has 0 aliphatic carbocycles. The van der Waals surface area contributed by atoms with Crippen molar-refractivity contribution < 1.29 is 18.8 Å². The maximum Gasteiger partial charge on any atom is 0.315 e. The minimum absolute atomic E-state index is 0.0161. The van der Waals surface area contributed by atoms with Crippen LogP contribution in [0.5, 0.6) is 0 Å². The van der Waals surface area contributed by atoms with Gasteiger partial charge in [0.05, 0.1) is 0 Å². The number of hydrogen-bond donors (Lipinski definition) is 3. The van der Waals surface area contributed by atoms with E-state index in [2.05, 4.69) is 16.0 Å². The zero-order chi connectivity index (χ0) is 19.2. The fraction of sp³-hybridized carbons (Fsp3) is 0.526. The maximum absolute atomic E-state index is 12.9. The topological polar surface area (TPSA) is 90.5 Å². The fourth-order valence-corrected chi connectivity index (χ4v) is 3.49. The molecule has 7 nitrogen and oxygen atoms in total. The third kappa shape index (κ3) is 5.42. The Morgan fingerprint density at radius 3 is 2.52 bits per heavy atom. The Kier molecular flexibility index (Phi) is 6.26. The number of urea groups is 1. The third-order valence-corrected chi connectivity index (χ3v) is 5.18. The molecule has 3 rings (SSSR count). The number of carbonyl (C=O) groups is 3. The fourth-order valence-electron chi connectivity index (χ4n) is 3.49. The van der Waals surface area contributed by atoms with Gasteiger partial charge in [0.2, 0.25) is 11.8 Å². The summed E-state index contributed by atoms with van der Waals surface area (Å²) in [5.74, 6) is 0.0739. The normalized spacial score (nSPS) is 20.1. The van der Waals surface area contributed by atoms with E-state index in [-0.39, 0.29) is 23.7 Å². The van der Waals surface area contributed by atoms with Gasteiger partial charge >= 0.3 is 6.03 Å². The Bertz CT molecular complexity index is 687. The first kappa shape index (κ1) is 19.1. The van der Waals surface area contributed by atoms with Crippen LogP contribution in [0.4, 0.5) is 9.18 Å². The molecule has 2 saturated heterocycles. The van der Waals surface area contributed by atoms with E-state index >= 15 is 0 Å². The van der Waals surface area contributed by atoms with Crippen molar-refractivity contribution in [2.24, 2.45) is 5.92 Å². The predicted octanol–water partition coefficient (Wildman–Crippen LogP) is 1.14. The monoisotopic (exact) mass is 376 g/mol. The minimum Gasteiger partial charge on any atom is -0.352 e. The van der Waals surface area contributed by atoms with Crippen molar-refractivity contribution in [3.8, 4) is 0 Å². The van der Waals surface area contributed by atoms with Crippen LogP contribution in [0.2, 0.25) is 0 Å². The summed E-state index contributed by atoms with van der Waals surface area (Å²) in [5.41, 5.74) is 0.866. The number of carbonyl (C=O) groups excluding carboxylic acids is 3. The zero-order valence-electron chi connectivity index (χ0n) is 15.2. The largest absolute Gasteiger partial charge is 0.352 e. The molecule has 0 spiro atoms. The summed E-state index contributed by atoms with van der Waals surface area (Å²) in [7, 11) is 0. The van der Waals surface area contributed by atoms with Crippen molar-refractivity contribution in [3.63, 3.8) is 0 Å². The number of benzene rings is 1. The van der Waals surface area contributed by atoms with Crippen LogP contribution in [-0.2, 0) is 16.1 Å². The molecule has 0 saturated carbocycles. The van der Waals surface area contributed by atoms with Crippen molar-refractivity contribution in [1.82, 2.24) is 20.9 Å². The predicted molar refractivity (Wildman–Crippen MR) is 97.1 cm³/mol. The maximum atomic E-state index is 12.9. The van der Waals surface area contributed by atoms with Gasteiger partial charge < -0.3 is 20.9 Å².